The lowest BCUT2D eigenvalue weighted by molar-refractivity contribution is 0.313. The highest BCUT2D eigenvalue weighted by atomic mass is 35.5. The van der Waals surface area contributed by atoms with Gasteiger partial charge in [-0.05, 0) is 48.9 Å². The normalized spacial score (nSPS) is 15.9. The van der Waals surface area contributed by atoms with E-state index in [0.29, 0.717) is 23.6 Å². The van der Waals surface area contributed by atoms with Gasteiger partial charge in [0.15, 0.2) is 0 Å². The smallest absolute Gasteiger partial charge is 0.215 e. The fraction of sp³-hybridized carbons (Fsp3) is 0.400. The van der Waals surface area contributed by atoms with Gasteiger partial charge in [0, 0.05) is 43.4 Å². The Hall–Kier alpha value is -1.60. The molecule has 27 heavy (non-hydrogen) atoms. The number of hydrogen-bond donors (Lipinski definition) is 1. The molecule has 0 aromatic heterocycles. The molecule has 2 aromatic carbocycles. The van der Waals surface area contributed by atoms with Gasteiger partial charge in [-0.3, -0.25) is 0 Å². The van der Waals surface area contributed by atoms with Crippen LogP contribution in [0.2, 0.25) is 5.02 Å². The third-order valence-corrected chi connectivity index (χ3v) is 6.38. The van der Waals surface area contributed by atoms with E-state index in [-0.39, 0.29) is 5.75 Å². The van der Waals surface area contributed by atoms with Gasteiger partial charge in [-0.25, -0.2) is 13.1 Å². The monoisotopic (exact) mass is 407 g/mol. The van der Waals surface area contributed by atoms with Crippen molar-refractivity contribution in [3.05, 3.63) is 64.7 Å². The van der Waals surface area contributed by atoms with Gasteiger partial charge in [0.25, 0.3) is 0 Å². The van der Waals surface area contributed by atoms with E-state index >= 15 is 0 Å². The summed E-state index contributed by atoms with van der Waals surface area (Å²) in [6.07, 6.45) is 0.664. The molecule has 5 nitrogen and oxygen atoms in total. The predicted molar refractivity (Wildman–Crippen MR) is 112 cm³/mol. The number of likely N-dealkylation sites (N-methyl/N-ethyl adjacent to an activating group) is 1. The van der Waals surface area contributed by atoms with Crippen LogP contribution >= 0.6 is 11.6 Å². The van der Waals surface area contributed by atoms with Crippen LogP contribution in [0.1, 0.15) is 11.1 Å². The number of nitrogens with one attached hydrogen (secondary N) is 1. The summed E-state index contributed by atoms with van der Waals surface area (Å²) in [7, 11) is -1.23. The van der Waals surface area contributed by atoms with E-state index in [1.807, 2.05) is 0 Å². The first kappa shape index (κ1) is 20.1. The molecule has 1 aliphatic rings. The van der Waals surface area contributed by atoms with Crippen molar-refractivity contribution in [2.75, 3.05) is 44.7 Å². The van der Waals surface area contributed by atoms with E-state index in [1.54, 1.807) is 24.3 Å². The largest absolute Gasteiger partial charge is 0.369 e. The number of piperazine rings is 1. The first-order valence-electron chi connectivity index (χ1n) is 9.15. The van der Waals surface area contributed by atoms with Crippen molar-refractivity contribution in [2.24, 2.45) is 0 Å². The molecule has 0 unspecified atom stereocenters. The highest BCUT2D eigenvalue weighted by molar-refractivity contribution is 7.88. The summed E-state index contributed by atoms with van der Waals surface area (Å²) in [5.74, 6) is -0.0596. The molecule has 0 amide bonds. The number of halogens is 1. The second kappa shape index (κ2) is 9.06. The van der Waals surface area contributed by atoms with Gasteiger partial charge < -0.3 is 9.80 Å². The number of benzene rings is 2. The van der Waals surface area contributed by atoms with Crippen molar-refractivity contribution in [1.29, 1.82) is 0 Å². The Kier molecular flexibility index (Phi) is 6.76. The molecule has 7 heteroatoms. The number of anilines is 1. The Labute approximate surface area is 167 Å². The van der Waals surface area contributed by atoms with Crippen molar-refractivity contribution >= 4 is 27.3 Å². The van der Waals surface area contributed by atoms with Crippen LogP contribution in [0.4, 0.5) is 5.69 Å². The summed E-state index contributed by atoms with van der Waals surface area (Å²) in [5.41, 5.74) is 3.04. The Bertz CT molecular complexity index is 848. The Morgan fingerprint density at radius 2 is 1.70 bits per heavy atom. The van der Waals surface area contributed by atoms with Gasteiger partial charge in [-0.1, -0.05) is 35.9 Å². The third kappa shape index (κ3) is 6.21. The molecule has 0 saturated carbocycles. The molecule has 0 aliphatic carbocycles. The summed E-state index contributed by atoms with van der Waals surface area (Å²) >= 11 is 5.91. The summed E-state index contributed by atoms with van der Waals surface area (Å²) in [6, 6.07) is 15.4. The fourth-order valence-corrected chi connectivity index (χ4v) is 4.53. The number of sulfonamides is 1. The first-order chi connectivity index (χ1) is 12.9. The number of nitrogens with zero attached hydrogens (tertiary/aromatic N) is 2. The first-order valence-corrected chi connectivity index (χ1v) is 11.2. The molecule has 2 aromatic rings. The van der Waals surface area contributed by atoms with E-state index in [9.17, 15) is 8.42 Å². The maximum atomic E-state index is 12.2. The van der Waals surface area contributed by atoms with Crippen molar-refractivity contribution in [1.82, 2.24) is 9.62 Å². The molecule has 0 bridgehead atoms. The second-order valence-corrected chi connectivity index (χ2v) is 9.23. The van der Waals surface area contributed by atoms with Crippen LogP contribution in [0.25, 0.3) is 0 Å². The minimum Gasteiger partial charge on any atom is -0.369 e. The van der Waals surface area contributed by atoms with E-state index in [2.05, 4.69) is 45.8 Å². The zero-order valence-corrected chi connectivity index (χ0v) is 17.1. The lowest BCUT2D eigenvalue weighted by Gasteiger charge is -2.34. The zero-order chi connectivity index (χ0) is 19.3. The van der Waals surface area contributed by atoms with E-state index in [0.717, 1.165) is 31.7 Å². The van der Waals surface area contributed by atoms with Crippen molar-refractivity contribution < 1.29 is 8.42 Å². The SMILES string of the molecule is CN1CCN(c2ccc(CCNS(=O)(=O)Cc3cccc(Cl)c3)cc2)CC1. The van der Waals surface area contributed by atoms with Crippen LogP contribution in [0.3, 0.4) is 0 Å². The molecule has 146 valence electrons. The Morgan fingerprint density at radius 1 is 1.00 bits per heavy atom. The molecule has 0 atom stereocenters. The van der Waals surface area contributed by atoms with Crippen LogP contribution in [0, 0.1) is 0 Å². The average molecular weight is 408 g/mol. The molecule has 1 aliphatic heterocycles. The van der Waals surface area contributed by atoms with E-state index in [1.165, 1.54) is 5.69 Å². The van der Waals surface area contributed by atoms with Gasteiger partial charge >= 0.3 is 0 Å². The molecule has 1 N–H and O–H groups in total. The number of rotatable bonds is 7. The Balaban J connectivity index is 1.48. The lowest BCUT2D eigenvalue weighted by atomic mass is 10.1. The molecule has 0 spiro atoms. The van der Waals surface area contributed by atoms with E-state index < -0.39 is 10.0 Å². The molecule has 1 fully saturated rings. The summed E-state index contributed by atoms with van der Waals surface area (Å²) in [6.45, 7) is 4.63. The third-order valence-electron chi connectivity index (χ3n) is 4.79. The minimum atomic E-state index is -3.37. The molecule has 0 radical (unpaired) electrons. The highest BCUT2D eigenvalue weighted by Crippen LogP contribution is 2.17. The maximum Gasteiger partial charge on any atom is 0.215 e. The van der Waals surface area contributed by atoms with Gasteiger partial charge in [-0.2, -0.15) is 0 Å². The van der Waals surface area contributed by atoms with E-state index in [4.69, 9.17) is 11.6 Å². The summed E-state index contributed by atoms with van der Waals surface area (Å²) in [4.78, 5) is 4.72. The zero-order valence-electron chi connectivity index (χ0n) is 15.6. The quantitative estimate of drug-likeness (QED) is 0.766. The second-order valence-electron chi connectivity index (χ2n) is 6.99. The predicted octanol–water partition coefficient (Wildman–Crippen LogP) is 2.75. The molecular formula is C20H26ClN3O2S. The van der Waals surface area contributed by atoms with Gasteiger partial charge in [0.1, 0.15) is 0 Å². The van der Waals surface area contributed by atoms with Crippen LogP contribution in [0.5, 0.6) is 0 Å². The van der Waals surface area contributed by atoms with Crippen LogP contribution in [0.15, 0.2) is 48.5 Å². The number of hydrogen-bond acceptors (Lipinski definition) is 4. The van der Waals surface area contributed by atoms with Crippen molar-refractivity contribution in [3.8, 4) is 0 Å². The Morgan fingerprint density at radius 3 is 2.37 bits per heavy atom. The average Bonchev–Trinajstić information content (AvgIpc) is 2.62. The molecule has 1 saturated heterocycles. The van der Waals surface area contributed by atoms with Gasteiger partial charge in [0.2, 0.25) is 10.0 Å². The van der Waals surface area contributed by atoms with Crippen molar-refractivity contribution in [2.45, 2.75) is 12.2 Å². The van der Waals surface area contributed by atoms with Crippen LogP contribution in [-0.4, -0.2) is 53.1 Å². The lowest BCUT2D eigenvalue weighted by Crippen LogP contribution is -2.44. The van der Waals surface area contributed by atoms with Crippen molar-refractivity contribution in [3.63, 3.8) is 0 Å². The molecular weight excluding hydrogens is 382 g/mol. The van der Waals surface area contributed by atoms with Crippen LogP contribution < -0.4 is 9.62 Å². The molecule has 1 heterocycles. The summed E-state index contributed by atoms with van der Waals surface area (Å²) < 4.78 is 27.1. The highest BCUT2D eigenvalue weighted by Gasteiger charge is 2.14. The standard InChI is InChI=1S/C20H26ClN3O2S/c1-23-11-13-24(14-12-23)20-7-5-17(6-8-20)9-10-22-27(25,26)16-18-3-2-4-19(21)15-18/h2-8,15,22H,9-14,16H2,1H3. The topological polar surface area (TPSA) is 52.6 Å². The van der Waals surface area contributed by atoms with Crippen LogP contribution in [-0.2, 0) is 22.2 Å². The molecule has 3 rings (SSSR count). The maximum absolute atomic E-state index is 12.2. The minimum absolute atomic E-state index is 0.0596. The fourth-order valence-electron chi connectivity index (χ4n) is 3.19. The van der Waals surface area contributed by atoms with Gasteiger partial charge in [-0.15, -0.1) is 0 Å². The van der Waals surface area contributed by atoms with Gasteiger partial charge in [0.05, 0.1) is 5.75 Å². The summed E-state index contributed by atoms with van der Waals surface area (Å²) in [5, 5.41) is 0.545.